The molecule has 0 atom stereocenters. The first kappa shape index (κ1) is 20.7. The van der Waals surface area contributed by atoms with Crippen molar-refractivity contribution in [1.29, 1.82) is 0 Å². The topological polar surface area (TPSA) is 20.3 Å². The minimum atomic E-state index is 0.160. The minimum absolute atomic E-state index is 0.160. The Morgan fingerprint density at radius 1 is 1.04 bits per heavy atom. The van der Waals surface area contributed by atoms with E-state index in [4.69, 9.17) is 0 Å². The molecule has 0 unspecified atom stereocenters. The number of carbonyl (C=O) groups is 1. The minimum Gasteiger partial charge on any atom is -0.338 e. The summed E-state index contributed by atoms with van der Waals surface area (Å²) < 4.78 is 0. The fourth-order valence-electron chi connectivity index (χ4n) is 2.75. The number of carbonyl (C=O) groups excluding carboxylic acids is 1. The van der Waals surface area contributed by atoms with Gasteiger partial charge in [0, 0.05) is 18.7 Å². The molecule has 0 saturated heterocycles. The number of amides is 1. The van der Waals surface area contributed by atoms with Gasteiger partial charge in [-0.25, -0.2) is 0 Å². The Labute approximate surface area is 149 Å². The van der Waals surface area contributed by atoms with Gasteiger partial charge >= 0.3 is 0 Å². The van der Waals surface area contributed by atoms with Crippen LogP contribution in [-0.2, 0) is 4.79 Å². The summed E-state index contributed by atoms with van der Waals surface area (Å²) >= 11 is 0. The Morgan fingerprint density at radius 3 is 2.33 bits per heavy atom. The van der Waals surface area contributed by atoms with E-state index in [0.29, 0.717) is 5.41 Å². The van der Waals surface area contributed by atoms with E-state index in [9.17, 15) is 4.79 Å². The maximum absolute atomic E-state index is 13.1. The SMILES string of the molecule is CCC(C)(C)CCCN(CC(C)(C)CC)C(=O)C1=CC=CC=CC1. The lowest BCUT2D eigenvalue weighted by atomic mass is 9.85. The third-order valence-corrected chi connectivity index (χ3v) is 5.37. The summed E-state index contributed by atoms with van der Waals surface area (Å²) in [5.74, 6) is 0.210. The molecular weight excluding hydrogens is 294 g/mol. The van der Waals surface area contributed by atoms with Gasteiger partial charge in [-0.05, 0) is 36.5 Å². The molecule has 1 aliphatic carbocycles. The number of allylic oxidation sites excluding steroid dienone is 5. The molecule has 0 aliphatic heterocycles. The Balaban J connectivity index is 2.80. The number of hydrogen-bond donors (Lipinski definition) is 0. The molecule has 0 fully saturated rings. The third-order valence-electron chi connectivity index (χ3n) is 5.37. The zero-order chi connectivity index (χ0) is 18.2. The Hall–Kier alpha value is -1.31. The van der Waals surface area contributed by atoms with Gasteiger partial charge in [0.1, 0.15) is 0 Å². The molecule has 1 rings (SSSR count). The van der Waals surface area contributed by atoms with Crippen LogP contribution in [0.3, 0.4) is 0 Å². The molecule has 0 spiro atoms. The van der Waals surface area contributed by atoms with E-state index in [2.05, 4.69) is 52.5 Å². The van der Waals surface area contributed by atoms with Gasteiger partial charge in [0.25, 0.3) is 0 Å². The molecule has 2 nitrogen and oxygen atoms in total. The van der Waals surface area contributed by atoms with Crippen LogP contribution in [0.15, 0.2) is 36.0 Å². The van der Waals surface area contributed by atoms with Crippen LogP contribution in [0.5, 0.6) is 0 Å². The highest BCUT2D eigenvalue weighted by molar-refractivity contribution is 5.94. The number of rotatable bonds is 9. The van der Waals surface area contributed by atoms with E-state index < -0.39 is 0 Å². The van der Waals surface area contributed by atoms with Crippen LogP contribution in [-0.4, -0.2) is 23.9 Å². The summed E-state index contributed by atoms with van der Waals surface area (Å²) in [5, 5.41) is 0. The fraction of sp³-hybridized carbons (Fsp3) is 0.682. The highest BCUT2D eigenvalue weighted by atomic mass is 16.2. The predicted octanol–water partition coefficient (Wildman–Crippen LogP) is 5.91. The van der Waals surface area contributed by atoms with Crippen LogP contribution in [0.25, 0.3) is 0 Å². The fourth-order valence-corrected chi connectivity index (χ4v) is 2.75. The monoisotopic (exact) mass is 331 g/mol. The summed E-state index contributed by atoms with van der Waals surface area (Å²) in [6.45, 7) is 15.3. The second kappa shape index (κ2) is 9.25. The Bertz CT molecular complexity index is 494. The molecule has 0 heterocycles. The molecule has 0 radical (unpaired) electrons. The van der Waals surface area contributed by atoms with Crippen LogP contribution in [0.4, 0.5) is 0 Å². The molecule has 136 valence electrons. The quantitative estimate of drug-likeness (QED) is 0.514. The Morgan fingerprint density at radius 2 is 1.71 bits per heavy atom. The standard InChI is InChI=1S/C22H37NO/c1-7-21(3,4)16-13-17-23(18-22(5,6)8-2)20(24)19-14-11-9-10-12-15-19/h9-12,14H,7-8,13,15-18H2,1-6H3. The van der Waals surface area contributed by atoms with E-state index in [1.807, 2.05) is 24.3 Å². The van der Waals surface area contributed by atoms with Crippen molar-refractivity contribution in [3.8, 4) is 0 Å². The van der Waals surface area contributed by atoms with Crippen LogP contribution < -0.4 is 0 Å². The van der Waals surface area contributed by atoms with Crippen molar-refractivity contribution >= 4 is 5.91 Å². The number of nitrogens with zero attached hydrogens (tertiary/aromatic N) is 1. The van der Waals surface area contributed by atoms with Crippen molar-refractivity contribution in [2.24, 2.45) is 10.8 Å². The highest BCUT2D eigenvalue weighted by Crippen LogP contribution is 2.28. The molecule has 0 aromatic carbocycles. The summed E-state index contributed by atoms with van der Waals surface area (Å²) in [6, 6.07) is 0. The summed E-state index contributed by atoms with van der Waals surface area (Å²) in [7, 11) is 0. The zero-order valence-corrected chi connectivity index (χ0v) is 16.7. The van der Waals surface area contributed by atoms with Crippen molar-refractivity contribution in [2.75, 3.05) is 13.1 Å². The molecule has 24 heavy (non-hydrogen) atoms. The lowest BCUT2D eigenvalue weighted by molar-refractivity contribution is -0.128. The van der Waals surface area contributed by atoms with Gasteiger partial charge in [0.2, 0.25) is 5.91 Å². The summed E-state index contributed by atoms with van der Waals surface area (Å²) in [6.07, 6.45) is 15.3. The van der Waals surface area contributed by atoms with Gasteiger partial charge in [-0.1, -0.05) is 78.3 Å². The maximum Gasteiger partial charge on any atom is 0.250 e. The van der Waals surface area contributed by atoms with Gasteiger partial charge in [-0.15, -0.1) is 0 Å². The zero-order valence-electron chi connectivity index (χ0n) is 16.7. The van der Waals surface area contributed by atoms with Gasteiger partial charge < -0.3 is 4.90 Å². The van der Waals surface area contributed by atoms with E-state index >= 15 is 0 Å². The first-order chi connectivity index (χ1) is 11.2. The summed E-state index contributed by atoms with van der Waals surface area (Å²) in [5.41, 5.74) is 1.43. The van der Waals surface area contributed by atoms with Gasteiger partial charge in [0.15, 0.2) is 0 Å². The largest absolute Gasteiger partial charge is 0.338 e. The molecule has 0 saturated carbocycles. The van der Waals surface area contributed by atoms with Crippen molar-refractivity contribution in [3.05, 3.63) is 36.0 Å². The van der Waals surface area contributed by atoms with Crippen LogP contribution in [0.2, 0.25) is 0 Å². The average molecular weight is 332 g/mol. The van der Waals surface area contributed by atoms with E-state index in [1.165, 1.54) is 12.8 Å². The second-order valence-electron chi connectivity index (χ2n) is 8.57. The molecular formula is C22H37NO. The first-order valence-electron chi connectivity index (χ1n) is 9.52. The lowest BCUT2D eigenvalue weighted by Crippen LogP contribution is -2.40. The third kappa shape index (κ3) is 7.07. The van der Waals surface area contributed by atoms with E-state index in [1.54, 1.807) is 0 Å². The molecule has 0 aromatic rings. The highest BCUT2D eigenvalue weighted by Gasteiger charge is 2.25. The lowest BCUT2D eigenvalue weighted by Gasteiger charge is -2.33. The Kier molecular flexibility index (Phi) is 7.99. The second-order valence-corrected chi connectivity index (χ2v) is 8.57. The smallest absolute Gasteiger partial charge is 0.250 e. The maximum atomic E-state index is 13.1. The van der Waals surface area contributed by atoms with E-state index in [-0.39, 0.29) is 11.3 Å². The molecule has 1 amide bonds. The van der Waals surface area contributed by atoms with Gasteiger partial charge in [-0.3, -0.25) is 4.79 Å². The molecule has 2 heteroatoms. The normalized spacial score (nSPS) is 15.2. The van der Waals surface area contributed by atoms with Crippen LogP contribution in [0.1, 0.15) is 73.6 Å². The van der Waals surface area contributed by atoms with Crippen molar-refractivity contribution in [2.45, 2.75) is 73.6 Å². The number of hydrogen-bond acceptors (Lipinski definition) is 1. The molecule has 1 aliphatic rings. The van der Waals surface area contributed by atoms with Crippen molar-refractivity contribution < 1.29 is 4.79 Å². The summed E-state index contributed by atoms with van der Waals surface area (Å²) in [4.78, 5) is 15.2. The van der Waals surface area contributed by atoms with Crippen LogP contribution >= 0.6 is 0 Å². The van der Waals surface area contributed by atoms with Gasteiger partial charge in [0.05, 0.1) is 0 Å². The molecule has 0 bridgehead atoms. The predicted molar refractivity (Wildman–Crippen MR) is 105 cm³/mol. The van der Waals surface area contributed by atoms with Crippen molar-refractivity contribution in [1.82, 2.24) is 4.90 Å². The average Bonchev–Trinajstić information content (AvgIpc) is 2.82. The van der Waals surface area contributed by atoms with E-state index in [0.717, 1.165) is 37.9 Å². The van der Waals surface area contributed by atoms with Crippen molar-refractivity contribution in [3.63, 3.8) is 0 Å². The van der Waals surface area contributed by atoms with Gasteiger partial charge in [-0.2, -0.15) is 0 Å². The first-order valence-corrected chi connectivity index (χ1v) is 9.52. The van der Waals surface area contributed by atoms with Crippen LogP contribution in [0, 0.1) is 10.8 Å². The molecule has 0 N–H and O–H groups in total. The molecule has 0 aromatic heterocycles.